The fourth-order valence-electron chi connectivity index (χ4n) is 1.11. The summed E-state index contributed by atoms with van der Waals surface area (Å²) in [6.45, 7) is 1.46. The number of nitrogens with one attached hydrogen (secondary N) is 1. The molecule has 4 nitrogen and oxygen atoms in total. The molecule has 0 aromatic heterocycles. The monoisotopic (exact) mass is 279 g/mol. The minimum Gasteiger partial charge on any atom is -0.480 e. The maximum absolute atomic E-state index is 11.2. The number of unbranched alkanes of at least 4 members (excludes halogenated alkanes) is 3. The number of aliphatic carboxylic acids is 1. The fraction of sp³-hybridized carbons (Fsp3) is 0.800. The normalized spacial score (nSPS) is 12.1. The zero-order chi connectivity index (χ0) is 11.7. The number of hydrogen-bond donors (Lipinski definition) is 2. The summed E-state index contributed by atoms with van der Waals surface area (Å²) in [5, 5.41) is 12.0. The van der Waals surface area contributed by atoms with Crippen LogP contribution in [0.5, 0.6) is 0 Å². The highest BCUT2D eigenvalue weighted by molar-refractivity contribution is 9.09. The van der Waals surface area contributed by atoms with Crippen LogP contribution in [0.3, 0.4) is 0 Å². The molecule has 5 heteroatoms. The van der Waals surface area contributed by atoms with Crippen molar-refractivity contribution in [2.45, 2.75) is 45.1 Å². The summed E-state index contributed by atoms with van der Waals surface area (Å²) in [5.41, 5.74) is 0. The SMILES string of the molecule is C[C@H](NC(=O)CCCCCCBr)C(=O)O. The number of rotatable bonds is 8. The third-order valence-electron chi connectivity index (χ3n) is 2.04. The smallest absolute Gasteiger partial charge is 0.325 e. The largest absolute Gasteiger partial charge is 0.480 e. The highest BCUT2D eigenvalue weighted by Gasteiger charge is 2.12. The van der Waals surface area contributed by atoms with E-state index in [1.807, 2.05) is 0 Å². The molecule has 0 fully saturated rings. The van der Waals surface area contributed by atoms with Crippen molar-refractivity contribution >= 4 is 27.8 Å². The first-order chi connectivity index (χ1) is 7.07. The van der Waals surface area contributed by atoms with E-state index in [9.17, 15) is 9.59 Å². The van der Waals surface area contributed by atoms with Crippen LogP contribution in [-0.4, -0.2) is 28.4 Å². The predicted molar refractivity (Wildman–Crippen MR) is 62.1 cm³/mol. The molecule has 0 aromatic rings. The summed E-state index contributed by atoms with van der Waals surface area (Å²) in [6, 6.07) is -0.792. The quantitative estimate of drug-likeness (QED) is 0.527. The van der Waals surface area contributed by atoms with Crippen LogP contribution in [0.25, 0.3) is 0 Å². The van der Waals surface area contributed by atoms with Crippen LogP contribution >= 0.6 is 15.9 Å². The van der Waals surface area contributed by atoms with Gasteiger partial charge in [-0.15, -0.1) is 0 Å². The van der Waals surface area contributed by atoms with Crippen LogP contribution in [0.15, 0.2) is 0 Å². The summed E-state index contributed by atoms with van der Waals surface area (Å²) in [7, 11) is 0. The molecular formula is C10H18BrNO3. The number of halogens is 1. The van der Waals surface area contributed by atoms with E-state index >= 15 is 0 Å². The second kappa shape index (κ2) is 8.71. The molecule has 0 saturated carbocycles. The van der Waals surface area contributed by atoms with Crippen LogP contribution in [0.2, 0.25) is 0 Å². The molecule has 0 saturated heterocycles. The number of carboxylic acids is 1. The molecule has 0 unspecified atom stereocenters. The maximum Gasteiger partial charge on any atom is 0.325 e. The van der Waals surface area contributed by atoms with Crippen molar-refractivity contribution in [3.05, 3.63) is 0 Å². The van der Waals surface area contributed by atoms with Crippen molar-refractivity contribution < 1.29 is 14.7 Å². The Hall–Kier alpha value is -0.580. The van der Waals surface area contributed by atoms with Crippen molar-refractivity contribution in [2.24, 2.45) is 0 Å². The summed E-state index contributed by atoms with van der Waals surface area (Å²) in [5.74, 6) is -1.17. The lowest BCUT2D eigenvalue weighted by Crippen LogP contribution is -2.38. The predicted octanol–water partition coefficient (Wildman–Crippen LogP) is 1.92. The lowest BCUT2D eigenvalue weighted by Gasteiger charge is -2.08. The molecule has 0 bridgehead atoms. The molecule has 0 heterocycles. The Bertz CT molecular complexity index is 209. The molecule has 1 atom stereocenters. The second-order valence-corrected chi connectivity index (χ2v) is 4.27. The van der Waals surface area contributed by atoms with Gasteiger partial charge in [0.15, 0.2) is 0 Å². The van der Waals surface area contributed by atoms with E-state index in [1.54, 1.807) is 0 Å². The van der Waals surface area contributed by atoms with Gasteiger partial charge >= 0.3 is 5.97 Å². The van der Waals surface area contributed by atoms with Crippen molar-refractivity contribution in [1.82, 2.24) is 5.32 Å². The zero-order valence-corrected chi connectivity index (χ0v) is 10.5. The van der Waals surface area contributed by atoms with E-state index in [0.717, 1.165) is 31.0 Å². The average Bonchev–Trinajstić information content (AvgIpc) is 2.17. The molecule has 0 aromatic carbocycles. The van der Waals surface area contributed by atoms with Gasteiger partial charge in [-0.1, -0.05) is 28.8 Å². The van der Waals surface area contributed by atoms with Gasteiger partial charge in [-0.05, 0) is 19.8 Å². The molecule has 0 rings (SSSR count). The molecule has 15 heavy (non-hydrogen) atoms. The lowest BCUT2D eigenvalue weighted by molar-refractivity contribution is -0.141. The minimum absolute atomic E-state index is 0.177. The van der Waals surface area contributed by atoms with E-state index in [0.29, 0.717) is 6.42 Å². The molecule has 0 aliphatic heterocycles. The van der Waals surface area contributed by atoms with Crippen molar-refractivity contribution in [3.63, 3.8) is 0 Å². The highest BCUT2D eigenvalue weighted by atomic mass is 79.9. The van der Waals surface area contributed by atoms with Gasteiger partial charge in [-0.3, -0.25) is 9.59 Å². The van der Waals surface area contributed by atoms with Gasteiger partial charge in [0, 0.05) is 11.8 Å². The van der Waals surface area contributed by atoms with Crippen molar-refractivity contribution in [1.29, 1.82) is 0 Å². The highest BCUT2D eigenvalue weighted by Crippen LogP contribution is 2.04. The van der Waals surface area contributed by atoms with E-state index < -0.39 is 12.0 Å². The standard InChI is InChI=1S/C10H18BrNO3/c1-8(10(14)15)12-9(13)6-4-2-3-5-7-11/h8H,2-7H2,1H3,(H,12,13)(H,14,15)/t8-/m0/s1. The number of hydrogen-bond acceptors (Lipinski definition) is 2. The summed E-state index contributed by atoms with van der Waals surface area (Å²) < 4.78 is 0. The molecule has 0 radical (unpaired) electrons. The molecule has 2 N–H and O–H groups in total. The molecule has 0 aliphatic carbocycles. The first kappa shape index (κ1) is 14.4. The summed E-state index contributed by atoms with van der Waals surface area (Å²) in [4.78, 5) is 21.6. The van der Waals surface area contributed by atoms with Crippen molar-refractivity contribution in [3.8, 4) is 0 Å². The van der Waals surface area contributed by atoms with Crippen molar-refractivity contribution in [2.75, 3.05) is 5.33 Å². The number of carbonyl (C=O) groups is 2. The van der Waals surface area contributed by atoms with Gasteiger partial charge in [-0.2, -0.15) is 0 Å². The Morgan fingerprint density at radius 2 is 1.87 bits per heavy atom. The Labute approximate surface area is 98.6 Å². The number of amides is 1. The van der Waals surface area contributed by atoms with Gasteiger partial charge < -0.3 is 10.4 Å². The fourth-order valence-corrected chi connectivity index (χ4v) is 1.51. The molecule has 88 valence electrons. The Morgan fingerprint density at radius 3 is 2.40 bits per heavy atom. The first-order valence-corrected chi connectivity index (χ1v) is 6.28. The number of alkyl halides is 1. The zero-order valence-electron chi connectivity index (χ0n) is 8.96. The first-order valence-electron chi connectivity index (χ1n) is 5.16. The number of carbonyl (C=O) groups excluding carboxylic acids is 1. The minimum atomic E-state index is -0.998. The van der Waals surface area contributed by atoms with Gasteiger partial charge in [-0.25, -0.2) is 0 Å². The molecule has 0 aliphatic rings. The maximum atomic E-state index is 11.2. The van der Waals surface area contributed by atoms with Crippen LogP contribution in [-0.2, 0) is 9.59 Å². The second-order valence-electron chi connectivity index (χ2n) is 3.48. The van der Waals surface area contributed by atoms with E-state index in [4.69, 9.17) is 5.11 Å². The third-order valence-corrected chi connectivity index (χ3v) is 2.60. The van der Waals surface area contributed by atoms with Gasteiger partial charge in [0.25, 0.3) is 0 Å². The topological polar surface area (TPSA) is 66.4 Å². The van der Waals surface area contributed by atoms with E-state index in [1.165, 1.54) is 6.92 Å². The summed E-state index contributed by atoms with van der Waals surface area (Å²) in [6.07, 6.45) is 4.48. The van der Waals surface area contributed by atoms with Crippen LogP contribution in [0.1, 0.15) is 39.0 Å². The van der Waals surface area contributed by atoms with Crippen LogP contribution in [0, 0.1) is 0 Å². The third kappa shape index (κ3) is 8.42. The average molecular weight is 280 g/mol. The summed E-state index contributed by atoms with van der Waals surface area (Å²) >= 11 is 3.33. The Balaban J connectivity index is 3.45. The number of carboxylic acid groups (broad SMARTS) is 1. The Kier molecular flexibility index (Phi) is 8.37. The van der Waals surface area contributed by atoms with E-state index in [-0.39, 0.29) is 5.91 Å². The van der Waals surface area contributed by atoms with E-state index in [2.05, 4.69) is 21.2 Å². The van der Waals surface area contributed by atoms with Crippen LogP contribution < -0.4 is 5.32 Å². The Morgan fingerprint density at radius 1 is 1.27 bits per heavy atom. The van der Waals surface area contributed by atoms with Gasteiger partial charge in [0.1, 0.15) is 6.04 Å². The molecule has 0 spiro atoms. The van der Waals surface area contributed by atoms with Gasteiger partial charge in [0.05, 0.1) is 0 Å². The van der Waals surface area contributed by atoms with Crippen LogP contribution in [0.4, 0.5) is 0 Å². The van der Waals surface area contributed by atoms with Gasteiger partial charge in [0.2, 0.25) is 5.91 Å². The molecular weight excluding hydrogens is 262 g/mol. The molecule has 1 amide bonds. The lowest BCUT2D eigenvalue weighted by atomic mass is 10.1.